The van der Waals surface area contributed by atoms with Gasteiger partial charge in [-0.05, 0) is 30.9 Å². The van der Waals surface area contributed by atoms with Crippen LogP contribution in [0.15, 0.2) is 84.0 Å². The number of benzene rings is 2. The summed E-state index contributed by atoms with van der Waals surface area (Å²) in [6.07, 6.45) is 5.81. The molecular formula is C20H21PS. The van der Waals surface area contributed by atoms with Crippen molar-refractivity contribution in [3.8, 4) is 0 Å². The van der Waals surface area contributed by atoms with Gasteiger partial charge in [0.05, 0.1) is 0 Å². The van der Waals surface area contributed by atoms with Gasteiger partial charge in [-0.15, -0.1) is 0 Å². The average Bonchev–Trinajstić information content (AvgIpc) is 2.58. The van der Waals surface area contributed by atoms with E-state index in [1.165, 1.54) is 21.8 Å². The summed E-state index contributed by atoms with van der Waals surface area (Å²) in [5, 5.41) is 2.64. The topological polar surface area (TPSA) is 0 Å². The van der Waals surface area contributed by atoms with Crippen molar-refractivity contribution in [3.63, 3.8) is 0 Å². The van der Waals surface area contributed by atoms with Crippen LogP contribution in [0.1, 0.15) is 20.3 Å². The van der Waals surface area contributed by atoms with E-state index in [-0.39, 0.29) is 0 Å². The molecule has 1 unspecified atom stereocenters. The first-order valence-corrected chi connectivity index (χ1v) is 10.6. The molecule has 0 radical (unpaired) electrons. The molecule has 1 aliphatic rings. The second-order valence-corrected chi connectivity index (χ2v) is 10.6. The summed E-state index contributed by atoms with van der Waals surface area (Å²) in [5.41, 5.74) is 3.17. The number of hydrogen-bond acceptors (Lipinski definition) is 1. The second-order valence-electron chi connectivity index (χ2n) is 5.87. The van der Waals surface area contributed by atoms with Gasteiger partial charge in [-0.25, -0.2) is 0 Å². The zero-order valence-corrected chi connectivity index (χ0v) is 14.8. The summed E-state index contributed by atoms with van der Waals surface area (Å²) in [6.45, 7) is 4.39. The molecule has 0 N–H and O–H groups in total. The summed E-state index contributed by atoms with van der Waals surface area (Å²) in [6, 6.07) is 19.6. The van der Waals surface area contributed by atoms with Crippen LogP contribution in [-0.4, -0.2) is 5.66 Å². The van der Waals surface area contributed by atoms with E-state index in [0.29, 0.717) is 5.66 Å². The Labute approximate surface area is 138 Å². The van der Waals surface area contributed by atoms with Crippen LogP contribution < -0.4 is 10.6 Å². The minimum Gasteiger partial charge on any atom is -0.0870 e. The van der Waals surface area contributed by atoms with E-state index in [9.17, 15) is 0 Å². The van der Waals surface area contributed by atoms with Crippen molar-refractivity contribution in [1.29, 1.82) is 0 Å². The van der Waals surface area contributed by atoms with Gasteiger partial charge in [0.15, 0.2) is 0 Å². The van der Waals surface area contributed by atoms with Gasteiger partial charge in [0.2, 0.25) is 0 Å². The fourth-order valence-electron chi connectivity index (χ4n) is 3.03. The van der Waals surface area contributed by atoms with Crippen LogP contribution in [0.2, 0.25) is 0 Å². The minimum atomic E-state index is -1.85. The molecule has 1 atom stereocenters. The van der Waals surface area contributed by atoms with Crippen LogP contribution in [0, 0.1) is 0 Å². The molecule has 0 heterocycles. The third kappa shape index (κ3) is 2.76. The van der Waals surface area contributed by atoms with E-state index in [4.69, 9.17) is 11.8 Å². The first-order chi connectivity index (χ1) is 10.6. The molecule has 0 nitrogen and oxygen atoms in total. The standard InChI is InChI=1S/C20H21PS/c1-16-13-14-20(15-17(16)2)21(22,18-9-5-3-6-10-18)19-11-7-4-8-12-19/h3-13,15,20H,14H2,1-2H3. The van der Waals surface area contributed by atoms with E-state index in [1.807, 2.05) is 0 Å². The van der Waals surface area contributed by atoms with Gasteiger partial charge < -0.3 is 0 Å². The van der Waals surface area contributed by atoms with E-state index in [1.54, 1.807) is 0 Å². The molecule has 0 saturated carbocycles. The lowest BCUT2D eigenvalue weighted by Gasteiger charge is -2.32. The highest BCUT2D eigenvalue weighted by Crippen LogP contribution is 2.52. The normalized spacial score (nSPS) is 18.5. The Bertz CT molecular complexity index is 713. The third-order valence-electron chi connectivity index (χ3n) is 4.48. The van der Waals surface area contributed by atoms with Crippen molar-refractivity contribution in [3.05, 3.63) is 84.0 Å². The fourth-order valence-corrected chi connectivity index (χ4v) is 7.33. The molecular weight excluding hydrogens is 303 g/mol. The maximum atomic E-state index is 6.38. The third-order valence-corrected chi connectivity index (χ3v) is 9.98. The highest BCUT2D eigenvalue weighted by Gasteiger charge is 2.31. The Morgan fingerprint density at radius 1 is 0.818 bits per heavy atom. The van der Waals surface area contributed by atoms with Crippen LogP contribution in [0.3, 0.4) is 0 Å². The predicted octanol–water partition coefficient (Wildman–Crippen LogP) is 4.78. The monoisotopic (exact) mass is 324 g/mol. The van der Waals surface area contributed by atoms with Gasteiger partial charge in [-0.1, -0.05) is 95.8 Å². The molecule has 0 saturated heterocycles. The first kappa shape index (κ1) is 15.5. The first-order valence-electron chi connectivity index (χ1n) is 7.69. The quantitative estimate of drug-likeness (QED) is 0.732. The molecule has 2 aromatic carbocycles. The summed E-state index contributed by atoms with van der Waals surface area (Å²) >= 11 is 6.38. The van der Waals surface area contributed by atoms with Crippen molar-refractivity contribution in [2.75, 3.05) is 0 Å². The van der Waals surface area contributed by atoms with Gasteiger partial charge in [-0.2, -0.15) is 0 Å². The maximum absolute atomic E-state index is 6.38. The second kappa shape index (κ2) is 6.36. The predicted molar refractivity (Wildman–Crippen MR) is 102 cm³/mol. The van der Waals surface area contributed by atoms with Gasteiger partial charge >= 0.3 is 0 Å². The molecule has 22 heavy (non-hydrogen) atoms. The Morgan fingerprint density at radius 3 is 1.77 bits per heavy atom. The van der Waals surface area contributed by atoms with E-state index in [2.05, 4.69) is 86.7 Å². The van der Waals surface area contributed by atoms with Gasteiger partial charge in [-0.3, -0.25) is 0 Å². The molecule has 0 aromatic heterocycles. The number of hydrogen-bond donors (Lipinski definition) is 0. The Balaban J connectivity index is 2.16. The van der Waals surface area contributed by atoms with Crippen LogP contribution in [-0.2, 0) is 11.8 Å². The molecule has 0 aliphatic heterocycles. The zero-order valence-electron chi connectivity index (χ0n) is 13.1. The zero-order chi connectivity index (χ0) is 15.6. The highest BCUT2D eigenvalue weighted by atomic mass is 32.4. The van der Waals surface area contributed by atoms with Gasteiger partial charge in [0, 0.05) is 11.7 Å². The Morgan fingerprint density at radius 2 is 1.32 bits per heavy atom. The Kier molecular flexibility index (Phi) is 4.47. The fraction of sp³-hybridized carbons (Fsp3) is 0.200. The lowest BCUT2D eigenvalue weighted by molar-refractivity contribution is 0.999. The van der Waals surface area contributed by atoms with Crippen molar-refractivity contribution < 1.29 is 0 Å². The highest BCUT2D eigenvalue weighted by molar-refractivity contribution is 8.22. The van der Waals surface area contributed by atoms with Crippen LogP contribution in [0.5, 0.6) is 0 Å². The summed E-state index contributed by atoms with van der Waals surface area (Å²) in [5.74, 6) is 0. The summed E-state index contributed by atoms with van der Waals surface area (Å²) in [4.78, 5) is 0. The minimum absolute atomic E-state index is 0.413. The van der Waals surface area contributed by atoms with Crippen molar-refractivity contribution >= 4 is 28.5 Å². The van der Waals surface area contributed by atoms with Gasteiger partial charge in [0.1, 0.15) is 0 Å². The van der Waals surface area contributed by atoms with Crippen LogP contribution in [0.4, 0.5) is 0 Å². The summed E-state index contributed by atoms with van der Waals surface area (Å²) < 4.78 is 0. The molecule has 0 spiro atoms. The van der Waals surface area contributed by atoms with Crippen molar-refractivity contribution in [1.82, 2.24) is 0 Å². The number of rotatable bonds is 3. The van der Waals surface area contributed by atoms with Crippen molar-refractivity contribution in [2.45, 2.75) is 25.9 Å². The van der Waals surface area contributed by atoms with E-state index >= 15 is 0 Å². The lowest BCUT2D eigenvalue weighted by Crippen LogP contribution is -2.25. The molecule has 2 aromatic rings. The van der Waals surface area contributed by atoms with Crippen LogP contribution >= 0.6 is 6.04 Å². The maximum Gasteiger partial charge on any atom is 0.0177 e. The van der Waals surface area contributed by atoms with E-state index in [0.717, 1.165) is 6.42 Å². The molecule has 0 bridgehead atoms. The van der Waals surface area contributed by atoms with Crippen LogP contribution in [0.25, 0.3) is 0 Å². The number of allylic oxidation sites excluding steroid dienone is 4. The molecule has 0 fully saturated rings. The van der Waals surface area contributed by atoms with Crippen molar-refractivity contribution in [2.24, 2.45) is 0 Å². The molecule has 2 heteroatoms. The SMILES string of the molecule is CC1=CCC(P(=S)(c2ccccc2)c2ccccc2)C=C1C. The smallest absolute Gasteiger partial charge is 0.0177 e. The molecule has 3 rings (SSSR count). The Hall–Kier alpha value is -1.43. The largest absolute Gasteiger partial charge is 0.0870 e. The molecule has 112 valence electrons. The summed E-state index contributed by atoms with van der Waals surface area (Å²) in [7, 11) is 0. The lowest BCUT2D eigenvalue weighted by atomic mass is 10.0. The van der Waals surface area contributed by atoms with Gasteiger partial charge in [0.25, 0.3) is 0 Å². The average molecular weight is 324 g/mol. The van der Waals surface area contributed by atoms with E-state index < -0.39 is 6.04 Å². The molecule has 1 aliphatic carbocycles. The molecule has 0 amide bonds.